The van der Waals surface area contributed by atoms with E-state index >= 15 is 0 Å². The van der Waals surface area contributed by atoms with Crippen molar-refractivity contribution in [2.75, 3.05) is 23.8 Å². The molecule has 0 amide bonds. The number of rotatable bonds is 7. The van der Waals surface area contributed by atoms with Crippen molar-refractivity contribution >= 4 is 17.3 Å². The van der Waals surface area contributed by atoms with Crippen molar-refractivity contribution in [3.05, 3.63) is 48.2 Å². The molecule has 2 aliphatic rings. The third-order valence-electron chi connectivity index (χ3n) is 6.01. The molecule has 158 valence electrons. The van der Waals surface area contributed by atoms with Crippen LogP contribution in [0.2, 0.25) is 0 Å². The van der Waals surface area contributed by atoms with Crippen LogP contribution in [0.25, 0.3) is 11.3 Å². The zero-order chi connectivity index (χ0) is 21.6. The Hall–Kier alpha value is -3.47. The Kier molecular flexibility index (Phi) is 4.62. The summed E-state index contributed by atoms with van der Waals surface area (Å²) in [7, 11) is 1.83. The van der Waals surface area contributed by atoms with Crippen LogP contribution in [0.1, 0.15) is 37.3 Å². The van der Waals surface area contributed by atoms with Crippen molar-refractivity contribution in [2.24, 2.45) is 5.41 Å². The highest BCUT2D eigenvalue weighted by Crippen LogP contribution is 2.46. The number of nitrogens with zero attached hydrogens (tertiary/aromatic N) is 6. The van der Waals surface area contributed by atoms with Crippen LogP contribution in [-0.4, -0.2) is 33.3 Å². The molecule has 2 fully saturated rings. The SMILES string of the molecule is Cc1cnc(Nc2cnn(C3CC3)c2)nc1-c1ccc(N(C)CC2(C#N)CC2)c(F)c1. The second-order valence-corrected chi connectivity index (χ2v) is 8.70. The summed E-state index contributed by atoms with van der Waals surface area (Å²) >= 11 is 0. The summed E-state index contributed by atoms with van der Waals surface area (Å²) in [6, 6.07) is 7.99. The maximum Gasteiger partial charge on any atom is 0.227 e. The quantitative estimate of drug-likeness (QED) is 0.605. The average molecular weight is 417 g/mol. The zero-order valence-corrected chi connectivity index (χ0v) is 17.6. The van der Waals surface area contributed by atoms with Crippen LogP contribution in [-0.2, 0) is 0 Å². The van der Waals surface area contributed by atoms with E-state index in [0.29, 0.717) is 35.5 Å². The number of halogens is 1. The molecule has 7 nitrogen and oxygen atoms in total. The first-order valence-corrected chi connectivity index (χ1v) is 10.5. The molecule has 2 aromatic heterocycles. The molecule has 0 spiro atoms. The fourth-order valence-electron chi connectivity index (χ4n) is 3.82. The highest BCUT2D eigenvalue weighted by molar-refractivity contribution is 5.68. The van der Waals surface area contributed by atoms with E-state index in [9.17, 15) is 9.65 Å². The van der Waals surface area contributed by atoms with Crippen molar-refractivity contribution in [2.45, 2.75) is 38.6 Å². The second-order valence-electron chi connectivity index (χ2n) is 8.70. The van der Waals surface area contributed by atoms with Crippen LogP contribution in [0.4, 0.5) is 21.7 Å². The molecule has 31 heavy (non-hydrogen) atoms. The van der Waals surface area contributed by atoms with Gasteiger partial charge >= 0.3 is 0 Å². The minimum Gasteiger partial charge on any atom is -0.371 e. The molecular weight excluding hydrogens is 393 g/mol. The maximum atomic E-state index is 15.0. The van der Waals surface area contributed by atoms with Crippen LogP contribution < -0.4 is 10.2 Å². The number of nitrogens with one attached hydrogen (secondary N) is 1. The van der Waals surface area contributed by atoms with Crippen LogP contribution in [0.5, 0.6) is 0 Å². The molecule has 5 rings (SSSR count). The Morgan fingerprint density at radius 2 is 2.13 bits per heavy atom. The Labute approximate surface area is 180 Å². The van der Waals surface area contributed by atoms with Crippen LogP contribution in [0.3, 0.4) is 0 Å². The largest absolute Gasteiger partial charge is 0.371 e. The summed E-state index contributed by atoms with van der Waals surface area (Å²) in [4.78, 5) is 10.8. The van der Waals surface area contributed by atoms with Gasteiger partial charge in [0.25, 0.3) is 0 Å². The predicted octanol–water partition coefficient (Wildman–Crippen LogP) is 4.61. The zero-order valence-electron chi connectivity index (χ0n) is 17.6. The van der Waals surface area contributed by atoms with Crippen molar-refractivity contribution in [1.82, 2.24) is 19.7 Å². The number of aryl methyl sites for hydroxylation is 1. The van der Waals surface area contributed by atoms with E-state index in [0.717, 1.165) is 24.1 Å². The second kappa shape index (κ2) is 7.34. The highest BCUT2D eigenvalue weighted by Gasteiger charge is 2.44. The van der Waals surface area contributed by atoms with E-state index < -0.39 is 0 Å². The number of hydrogen-bond acceptors (Lipinski definition) is 6. The molecule has 2 heterocycles. The third-order valence-corrected chi connectivity index (χ3v) is 6.01. The van der Waals surface area contributed by atoms with Gasteiger partial charge in [-0.1, -0.05) is 6.07 Å². The van der Waals surface area contributed by atoms with Gasteiger partial charge in [0.05, 0.1) is 40.8 Å². The monoisotopic (exact) mass is 417 g/mol. The normalized spacial score (nSPS) is 16.6. The third kappa shape index (κ3) is 3.96. The number of aromatic nitrogens is 4. The summed E-state index contributed by atoms with van der Waals surface area (Å²) in [6.07, 6.45) is 9.54. The van der Waals surface area contributed by atoms with Gasteiger partial charge in [0.15, 0.2) is 0 Å². The molecule has 3 aromatic rings. The summed E-state index contributed by atoms with van der Waals surface area (Å²) in [5.41, 5.74) is 3.22. The average Bonchev–Trinajstić information content (AvgIpc) is 3.69. The van der Waals surface area contributed by atoms with Gasteiger partial charge in [-0.3, -0.25) is 4.68 Å². The van der Waals surface area contributed by atoms with Gasteiger partial charge in [0.2, 0.25) is 5.95 Å². The molecule has 0 bridgehead atoms. The van der Waals surface area contributed by atoms with Crippen LogP contribution >= 0.6 is 0 Å². The standard InChI is InChI=1S/C23H24FN7/c1-15-10-26-22(28-17-11-27-31(12-17)18-4-5-18)29-21(15)16-3-6-20(19(24)9-16)30(2)14-23(13-25)7-8-23/h3,6,9-12,18H,4-5,7-8,14H2,1-2H3,(H,26,28,29). The molecule has 1 N–H and O–H groups in total. The molecule has 2 aliphatic carbocycles. The van der Waals surface area contributed by atoms with Gasteiger partial charge in [0, 0.05) is 31.5 Å². The van der Waals surface area contributed by atoms with E-state index in [1.807, 2.05) is 35.8 Å². The molecule has 0 unspecified atom stereocenters. The summed E-state index contributed by atoms with van der Waals surface area (Å²) < 4.78 is 16.9. The van der Waals surface area contributed by atoms with Crippen LogP contribution in [0.15, 0.2) is 36.8 Å². The first-order chi connectivity index (χ1) is 15.0. The first-order valence-electron chi connectivity index (χ1n) is 10.5. The number of benzene rings is 1. The minimum absolute atomic E-state index is 0.322. The summed E-state index contributed by atoms with van der Waals surface area (Å²) in [6.45, 7) is 2.45. The minimum atomic E-state index is -0.327. The van der Waals surface area contributed by atoms with E-state index in [-0.39, 0.29) is 11.2 Å². The smallest absolute Gasteiger partial charge is 0.227 e. The van der Waals surface area contributed by atoms with Gasteiger partial charge in [-0.15, -0.1) is 0 Å². The molecule has 0 atom stereocenters. The fraction of sp³-hybridized carbons (Fsp3) is 0.391. The molecule has 8 heteroatoms. The van der Waals surface area contributed by atoms with E-state index in [1.54, 1.807) is 18.5 Å². The van der Waals surface area contributed by atoms with E-state index in [2.05, 4.69) is 26.5 Å². The number of nitriles is 1. The fourth-order valence-corrected chi connectivity index (χ4v) is 3.82. The Balaban J connectivity index is 1.37. The van der Waals surface area contributed by atoms with Crippen LogP contribution in [0, 0.1) is 29.5 Å². The maximum absolute atomic E-state index is 15.0. The molecule has 0 aliphatic heterocycles. The topological polar surface area (TPSA) is 82.7 Å². The van der Waals surface area contributed by atoms with Gasteiger partial charge in [-0.05, 0) is 50.3 Å². The lowest BCUT2D eigenvalue weighted by atomic mass is 10.1. The van der Waals surface area contributed by atoms with E-state index in [1.165, 1.54) is 18.9 Å². The van der Waals surface area contributed by atoms with Gasteiger partial charge < -0.3 is 10.2 Å². The molecule has 0 saturated heterocycles. The Morgan fingerprint density at radius 1 is 1.32 bits per heavy atom. The highest BCUT2D eigenvalue weighted by atomic mass is 19.1. The van der Waals surface area contributed by atoms with E-state index in [4.69, 9.17) is 0 Å². The summed E-state index contributed by atoms with van der Waals surface area (Å²) in [5, 5.41) is 16.9. The lowest BCUT2D eigenvalue weighted by molar-refractivity contribution is 0.603. The Bertz CT molecular complexity index is 1170. The Morgan fingerprint density at radius 3 is 2.81 bits per heavy atom. The van der Waals surface area contributed by atoms with Crippen molar-refractivity contribution in [1.29, 1.82) is 5.26 Å². The van der Waals surface area contributed by atoms with Gasteiger partial charge in [-0.2, -0.15) is 10.4 Å². The van der Waals surface area contributed by atoms with Crippen molar-refractivity contribution in [3.8, 4) is 17.3 Å². The van der Waals surface area contributed by atoms with Gasteiger partial charge in [0.1, 0.15) is 5.82 Å². The van der Waals surface area contributed by atoms with Crippen molar-refractivity contribution in [3.63, 3.8) is 0 Å². The lowest BCUT2D eigenvalue weighted by Crippen LogP contribution is -2.26. The summed E-state index contributed by atoms with van der Waals surface area (Å²) in [5.74, 6) is 0.120. The van der Waals surface area contributed by atoms with Gasteiger partial charge in [-0.25, -0.2) is 14.4 Å². The molecule has 2 saturated carbocycles. The molecular formula is C23H24FN7. The molecule has 0 radical (unpaired) electrons. The lowest BCUT2D eigenvalue weighted by Gasteiger charge is -2.22. The number of hydrogen-bond donors (Lipinski definition) is 1. The first kappa shape index (κ1) is 19.5. The predicted molar refractivity (Wildman–Crippen MR) is 116 cm³/mol. The number of anilines is 3. The molecule has 1 aromatic carbocycles. The van der Waals surface area contributed by atoms with Crippen molar-refractivity contribution < 1.29 is 4.39 Å².